The second-order valence-electron chi connectivity index (χ2n) is 5.14. The van der Waals surface area contributed by atoms with Crippen LogP contribution in [0.3, 0.4) is 0 Å². The van der Waals surface area contributed by atoms with Gasteiger partial charge in [-0.15, -0.1) is 5.10 Å². The molecule has 0 saturated heterocycles. The van der Waals surface area contributed by atoms with Crippen molar-refractivity contribution in [1.29, 1.82) is 0 Å². The number of amides is 1. The third-order valence-electron chi connectivity index (χ3n) is 3.41. The Morgan fingerprint density at radius 1 is 1.38 bits per heavy atom. The summed E-state index contributed by atoms with van der Waals surface area (Å²) < 4.78 is 4.07. The Bertz CT molecular complexity index is 874. The lowest BCUT2D eigenvalue weighted by Gasteiger charge is -2.04. The SMILES string of the molecule is Cc1c(Br)cnn1CC(=O)Nc1ncn(Cc2ccccc2Cl)n1. The van der Waals surface area contributed by atoms with Crippen LogP contribution in [0, 0.1) is 6.92 Å². The molecule has 3 aromatic rings. The van der Waals surface area contributed by atoms with Gasteiger partial charge in [0.1, 0.15) is 12.9 Å². The molecule has 1 amide bonds. The summed E-state index contributed by atoms with van der Waals surface area (Å²) in [7, 11) is 0. The number of anilines is 1. The molecular weight excluding hydrogens is 396 g/mol. The smallest absolute Gasteiger partial charge is 0.248 e. The van der Waals surface area contributed by atoms with E-state index in [2.05, 4.69) is 36.4 Å². The van der Waals surface area contributed by atoms with E-state index in [0.717, 1.165) is 15.7 Å². The summed E-state index contributed by atoms with van der Waals surface area (Å²) in [6.45, 7) is 2.45. The van der Waals surface area contributed by atoms with Crippen LogP contribution in [0.5, 0.6) is 0 Å². The average molecular weight is 410 g/mol. The minimum absolute atomic E-state index is 0.0937. The van der Waals surface area contributed by atoms with E-state index in [1.165, 1.54) is 0 Å². The Kier molecular flexibility index (Phi) is 4.96. The number of halogens is 2. The fraction of sp³-hybridized carbons (Fsp3) is 0.200. The molecule has 2 aromatic heterocycles. The van der Waals surface area contributed by atoms with Crippen LogP contribution >= 0.6 is 27.5 Å². The number of aromatic nitrogens is 5. The van der Waals surface area contributed by atoms with Crippen molar-refractivity contribution in [2.24, 2.45) is 0 Å². The van der Waals surface area contributed by atoms with E-state index < -0.39 is 0 Å². The normalized spacial score (nSPS) is 10.8. The summed E-state index contributed by atoms with van der Waals surface area (Å²) in [6.07, 6.45) is 3.20. The van der Waals surface area contributed by atoms with Crippen LogP contribution in [0.15, 0.2) is 41.3 Å². The second-order valence-corrected chi connectivity index (χ2v) is 6.40. The van der Waals surface area contributed by atoms with Gasteiger partial charge in [0.25, 0.3) is 0 Å². The number of nitrogens with one attached hydrogen (secondary N) is 1. The maximum Gasteiger partial charge on any atom is 0.248 e. The van der Waals surface area contributed by atoms with E-state index in [1.807, 2.05) is 31.2 Å². The molecule has 0 radical (unpaired) electrons. The van der Waals surface area contributed by atoms with Gasteiger partial charge >= 0.3 is 0 Å². The number of benzene rings is 1. The predicted octanol–water partition coefficient (Wildman–Crippen LogP) is 2.89. The molecule has 0 spiro atoms. The molecule has 3 rings (SSSR count). The first-order valence-corrected chi connectivity index (χ1v) is 8.30. The van der Waals surface area contributed by atoms with Crippen LogP contribution < -0.4 is 5.32 Å². The topological polar surface area (TPSA) is 77.6 Å². The maximum absolute atomic E-state index is 12.1. The number of carbonyl (C=O) groups is 1. The minimum Gasteiger partial charge on any atom is -0.292 e. The highest BCUT2D eigenvalue weighted by atomic mass is 79.9. The highest BCUT2D eigenvalue weighted by molar-refractivity contribution is 9.10. The molecule has 0 atom stereocenters. The van der Waals surface area contributed by atoms with E-state index in [4.69, 9.17) is 11.6 Å². The van der Waals surface area contributed by atoms with Crippen molar-refractivity contribution in [3.8, 4) is 0 Å². The van der Waals surface area contributed by atoms with Gasteiger partial charge in [0, 0.05) is 5.02 Å². The average Bonchev–Trinajstić information content (AvgIpc) is 3.11. The van der Waals surface area contributed by atoms with E-state index in [9.17, 15) is 4.79 Å². The Balaban J connectivity index is 1.62. The lowest BCUT2D eigenvalue weighted by molar-refractivity contribution is -0.117. The fourth-order valence-electron chi connectivity index (χ4n) is 2.11. The van der Waals surface area contributed by atoms with E-state index >= 15 is 0 Å². The van der Waals surface area contributed by atoms with E-state index in [0.29, 0.717) is 11.6 Å². The molecule has 0 aliphatic carbocycles. The summed E-state index contributed by atoms with van der Waals surface area (Å²) in [4.78, 5) is 16.2. The third-order valence-corrected chi connectivity index (χ3v) is 4.56. The number of nitrogens with zero attached hydrogens (tertiary/aromatic N) is 5. The van der Waals surface area contributed by atoms with Gasteiger partial charge in [0.15, 0.2) is 0 Å². The highest BCUT2D eigenvalue weighted by Gasteiger charge is 2.11. The van der Waals surface area contributed by atoms with Gasteiger partial charge in [-0.3, -0.25) is 14.8 Å². The Hall–Kier alpha value is -2.19. The monoisotopic (exact) mass is 408 g/mol. The van der Waals surface area contributed by atoms with Gasteiger partial charge in [-0.25, -0.2) is 9.67 Å². The number of hydrogen-bond donors (Lipinski definition) is 1. The zero-order valence-corrected chi connectivity index (χ0v) is 15.1. The van der Waals surface area contributed by atoms with Crippen LogP contribution in [0.4, 0.5) is 5.95 Å². The lowest BCUT2D eigenvalue weighted by atomic mass is 10.2. The standard InChI is InChI=1S/C15H14BrClN6O/c1-10-12(16)6-19-23(10)8-14(24)20-15-18-9-22(21-15)7-11-4-2-3-5-13(11)17/h2-6,9H,7-8H2,1H3,(H,20,21,24). The molecule has 1 aromatic carbocycles. The summed E-state index contributed by atoms with van der Waals surface area (Å²) >= 11 is 9.49. The Labute approximate surface area is 151 Å². The summed E-state index contributed by atoms with van der Waals surface area (Å²) in [5.74, 6) is 0.000113. The quantitative estimate of drug-likeness (QED) is 0.703. The van der Waals surface area contributed by atoms with Gasteiger partial charge in [-0.05, 0) is 34.5 Å². The Morgan fingerprint density at radius 2 is 2.17 bits per heavy atom. The fourth-order valence-corrected chi connectivity index (χ4v) is 2.60. The van der Waals surface area contributed by atoms with Crippen molar-refractivity contribution in [3.63, 3.8) is 0 Å². The molecule has 1 N–H and O–H groups in total. The first kappa shape index (κ1) is 16.7. The van der Waals surface area contributed by atoms with Crippen LogP contribution in [-0.2, 0) is 17.9 Å². The molecule has 0 fully saturated rings. The highest BCUT2D eigenvalue weighted by Crippen LogP contribution is 2.16. The van der Waals surface area contributed by atoms with Crippen molar-refractivity contribution >= 4 is 39.4 Å². The van der Waals surface area contributed by atoms with Crippen molar-refractivity contribution < 1.29 is 4.79 Å². The van der Waals surface area contributed by atoms with Crippen molar-refractivity contribution in [2.75, 3.05) is 5.32 Å². The maximum atomic E-state index is 12.1. The first-order chi connectivity index (χ1) is 11.5. The van der Waals surface area contributed by atoms with Crippen LogP contribution in [-0.4, -0.2) is 30.5 Å². The van der Waals surface area contributed by atoms with E-state index in [-0.39, 0.29) is 18.4 Å². The van der Waals surface area contributed by atoms with Crippen molar-refractivity contribution in [3.05, 3.63) is 57.5 Å². The van der Waals surface area contributed by atoms with Gasteiger partial charge in [-0.1, -0.05) is 29.8 Å². The van der Waals surface area contributed by atoms with Crippen LogP contribution in [0.25, 0.3) is 0 Å². The molecular formula is C15H14BrClN6O. The van der Waals surface area contributed by atoms with Gasteiger partial charge in [0.2, 0.25) is 11.9 Å². The van der Waals surface area contributed by atoms with Gasteiger partial charge < -0.3 is 0 Å². The zero-order valence-electron chi connectivity index (χ0n) is 12.8. The van der Waals surface area contributed by atoms with Crippen LogP contribution in [0.1, 0.15) is 11.3 Å². The van der Waals surface area contributed by atoms with Crippen molar-refractivity contribution in [1.82, 2.24) is 24.5 Å². The molecule has 9 heteroatoms. The molecule has 0 aliphatic rings. The molecule has 0 unspecified atom stereocenters. The van der Waals surface area contributed by atoms with Crippen molar-refractivity contribution in [2.45, 2.75) is 20.0 Å². The first-order valence-electron chi connectivity index (χ1n) is 7.13. The van der Waals surface area contributed by atoms with E-state index in [1.54, 1.807) is 21.9 Å². The molecule has 7 nitrogen and oxygen atoms in total. The van der Waals surface area contributed by atoms with Crippen LogP contribution in [0.2, 0.25) is 5.02 Å². The molecule has 0 aliphatic heterocycles. The van der Waals surface area contributed by atoms with Gasteiger partial charge in [0.05, 0.1) is 22.9 Å². The summed E-state index contributed by atoms with van der Waals surface area (Å²) in [5, 5.41) is 11.7. The predicted molar refractivity (Wildman–Crippen MR) is 93.9 cm³/mol. The number of rotatable bonds is 5. The molecule has 0 bridgehead atoms. The zero-order chi connectivity index (χ0) is 17.1. The molecule has 0 saturated carbocycles. The number of carbonyl (C=O) groups excluding carboxylic acids is 1. The molecule has 124 valence electrons. The minimum atomic E-state index is -0.246. The molecule has 2 heterocycles. The van der Waals surface area contributed by atoms with Gasteiger partial charge in [-0.2, -0.15) is 5.10 Å². The number of hydrogen-bond acceptors (Lipinski definition) is 4. The molecule has 24 heavy (non-hydrogen) atoms. The summed E-state index contributed by atoms with van der Waals surface area (Å²) in [6, 6.07) is 7.52. The Morgan fingerprint density at radius 3 is 2.88 bits per heavy atom. The third kappa shape index (κ3) is 3.82. The lowest BCUT2D eigenvalue weighted by Crippen LogP contribution is -2.21. The summed E-state index contributed by atoms with van der Waals surface area (Å²) in [5.41, 5.74) is 1.81. The second kappa shape index (κ2) is 7.14. The largest absolute Gasteiger partial charge is 0.292 e.